The van der Waals surface area contributed by atoms with Gasteiger partial charge >= 0.3 is 0 Å². The van der Waals surface area contributed by atoms with Crippen LogP contribution in [0.3, 0.4) is 0 Å². The Morgan fingerprint density at radius 1 is 1.07 bits per heavy atom. The highest BCUT2D eigenvalue weighted by Gasteiger charge is 2.34. The van der Waals surface area contributed by atoms with Gasteiger partial charge in [-0.1, -0.05) is 38.5 Å². The Kier molecular flexibility index (Phi) is 4.56. The summed E-state index contributed by atoms with van der Waals surface area (Å²) in [5.74, 6) is 1.53. The van der Waals surface area contributed by atoms with E-state index in [9.17, 15) is 4.79 Å². The lowest BCUT2D eigenvalue weighted by molar-refractivity contribution is -0.117. The third-order valence-electron chi connectivity index (χ3n) is 5.37. The molecule has 1 fully saturated rings. The van der Waals surface area contributed by atoms with Crippen molar-refractivity contribution in [2.45, 2.75) is 59.4 Å². The third-order valence-corrected chi connectivity index (χ3v) is 5.37. The number of benzene rings is 1. The molecule has 1 aromatic carbocycles. The number of hydrogen-bond acceptors (Lipinski definition) is 5. The number of amides is 1. The molecule has 1 atom stereocenters. The molecular weight excluding hydrogens is 364 g/mol. The van der Waals surface area contributed by atoms with E-state index in [4.69, 9.17) is 0 Å². The average molecular weight is 393 g/mol. The number of rotatable bonds is 3. The second-order valence-electron chi connectivity index (χ2n) is 8.98. The van der Waals surface area contributed by atoms with E-state index in [1.54, 1.807) is 4.52 Å². The number of aromatic nitrogens is 4. The first-order valence-electron chi connectivity index (χ1n) is 10.0. The lowest BCUT2D eigenvalue weighted by atomic mass is 9.96. The second kappa shape index (κ2) is 6.83. The average Bonchev–Trinajstić information content (AvgIpc) is 3.19. The minimum atomic E-state index is -0.297. The number of fused-ring (bicyclic) bond motifs is 1. The summed E-state index contributed by atoms with van der Waals surface area (Å²) in [6, 6.07) is 7.70. The van der Waals surface area contributed by atoms with Crippen LogP contribution in [0.5, 0.6) is 0 Å². The summed E-state index contributed by atoms with van der Waals surface area (Å²) in [6.07, 6.45) is 0.736. The first-order chi connectivity index (χ1) is 13.6. The van der Waals surface area contributed by atoms with Crippen molar-refractivity contribution >= 4 is 23.1 Å². The van der Waals surface area contributed by atoms with Gasteiger partial charge < -0.3 is 10.2 Å². The Morgan fingerprint density at radius 3 is 2.41 bits per heavy atom. The summed E-state index contributed by atoms with van der Waals surface area (Å²) in [4.78, 5) is 15.0. The maximum atomic E-state index is 13.1. The predicted molar refractivity (Wildman–Crippen MR) is 115 cm³/mol. The van der Waals surface area contributed by atoms with Crippen LogP contribution in [0.4, 0.5) is 11.5 Å². The topological polar surface area (TPSA) is 75.4 Å². The van der Waals surface area contributed by atoms with Crippen molar-refractivity contribution in [3.05, 3.63) is 46.8 Å². The summed E-state index contributed by atoms with van der Waals surface area (Å²) in [7, 11) is 0. The van der Waals surface area contributed by atoms with Gasteiger partial charge in [-0.05, 0) is 50.5 Å². The van der Waals surface area contributed by atoms with Crippen molar-refractivity contribution in [3.63, 3.8) is 0 Å². The van der Waals surface area contributed by atoms with Gasteiger partial charge in [-0.25, -0.2) is 0 Å². The van der Waals surface area contributed by atoms with Crippen LogP contribution < -0.4 is 10.2 Å². The fourth-order valence-corrected chi connectivity index (χ4v) is 4.15. The first-order valence-corrected chi connectivity index (χ1v) is 10.0. The SMILES string of the molecule is Cc1cc(C)c(N2CCC(Nc3ccc4nnc(C(C)(C)C)n4n3)C2=O)c(C)c1. The smallest absolute Gasteiger partial charge is 0.249 e. The normalized spacial score (nSPS) is 17.4. The lowest BCUT2D eigenvalue weighted by Crippen LogP contribution is -2.34. The molecule has 1 amide bonds. The van der Waals surface area contributed by atoms with E-state index in [0.29, 0.717) is 18.0 Å². The zero-order valence-corrected chi connectivity index (χ0v) is 17.9. The van der Waals surface area contributed by atoms with Crippen molar-refractivity contribution in [2.75, 3.05) is 16.8 Å². The Hall–Kier alpha value is -2.96. The van der Waals surface area contributed by atoms with E-state index in [-0.39, 0.29) is 17.4 Å². The number of nitrogens with one attached hydrogen (secondary N) is 1. The summed E-state index contributed by atoms with van der Waals surface area (Å²) < 4.78 is 1.76. The van der Waals surface area contributed by atoms with Crippen LogP contribution in [0.25, 0.3) is 5.65 Å². The van der Waals surface area contributed by atoms with Crippen LogP contribution in [0.1, 0.15) is 49.7 Å². The number of hydrogen-bond donors (Lipinski definition) is 1. The van der Waals surface area contributed by atoms with Gasteiger partial charge in [0.2, 0.25) is 5.91 Å². The van der Waals surface area contributed by atoms with Crippen molar-refractivity contribution in [1.82, 2.24) is 19.8 Å². The highest BCUT2D eigenvalue weighted by molar-refractivity contribution is 6.02. The van der Waals surface area contributed by atoms with Crippen LogP contribution in [-0.4, -0.2) is 38.3 Å². The van der Waals surface area contributed by atoms with Crippen molar-refractivity contribution in [2.24, 2.45) is 0 Å². The van der Waals surface area contributed by atoms with Crippen molar-refractivity contribution in [1.29, 1.82) is 0 Å². The minimum absolute atomic E-state index is 0.0850. The van der Waals surface area contributed by atoms with Crippen LogP contribution in [0.15, 0.2) is 24.3 Å². The molecule has 7 heteroatoms. The Balaban J connectivity index is 1.59. The van der Waals surface area contributed by atoms with Gasteiger partial charge in [-0.3, -0.25) is 4.79 Å². The molecule has 1 saturated heterocycles. The fourth-order valence-electron chi connectivity index (χ4n) is 4.15. The van der Waals surface area contributed by atoms with Gasteiger partial charge in [0.25, 0.3) is 0 Å². The number of carbonyl (C=O) groups is 1. The van der Waals surface area contributed by atoms with Gasteiger partial charge in [0, 0.05) is 17.6 Å². The Labute approximate surface area is 171 Å². The van der Waals surface area contributed by atoms with Gasteiger partial charge in [0.05, 0.1) is 0 Å². The highest BCUT2D eigenvalue weighted by atomic mass is 16.2. The molecule has 29 heavy (non-hydrogen) atoms. The third kappa shape index (κ3) is 3.45. The number of nitrogens with zero attached hydrogens (tertiary/aromatic N) is 5. The van der Waals surface area contributed by atoms with E-state index < -0.39 is 0 Å². The molecule has 0 spiro atoms. The van der Waals surface area contributed by atoms with Crippen molar-refractivity contribution in [3.8, 4) is 0 Å². The standard InChI is InChI=1S/C22H28N6O/c1-13-11-14(2)19(15(3)12-13)27-10-9-16(20(27)29)23-17-7-8-18-24-25-21(22(4,5)6)28(18)26-17/h7-8,11-12,16H,9-10H2,1-6H3,(H,23,26). The molecule has 7 nitrogen and oxygen atoms in total. The predicted octanol–water partition coefficient (Wildman–Crippen LogP) is 3.56. The van der Waals surface area contributed by atoms with E-state index in [2.05, 4.69) is 74.3 Å². The van der Waals surface area contributed by atoms with Crippen molar-refractivity contribution < 1.29 is 4.79 Å². The highest BCUT2D eigenvalue weighted by Crippen LogP contribution is 2.31. The molecule has 4 rings (SSSR count). The fraction of sp³-hybridized carbons (Fsp3) is 0.455. The molecule has 0 saturated carbocycles. The summed E-state index contributed by atoms with van der Waals surface area (Å²) >= 11 is 0. The minimum Gasteiger partial charge on any atom is -0.357 e. The van der Waals surface area contributed by atoms with Crippen LogP contribution >= 0.6 is 0 Å². The molecule has 1 aliphatic rings. The van der Waals surface area contributed by atoms with Gasteiger partial charge in [0.15, 0.2) is 11.5 Å². The summed E-state index contributed by atoms with van der Waals surface area (Å²) in [6.45, 7) is 13.2. The summed E-state index contributed by atoms with van der Waals surface area (Å²) in [5.41, 5.74) is 5.04. The first kappa shape index (κ1) is 19.4. The number of anilines is 2. The Morgan fingerprint density at radius 2 is 1.76 bits per heavy atom. The van der Waals surface area contributed by atoms with Gasteiger partial charge in [0.1, 0.15) is 11.9 Å². The number of aryl methyl sites for hydroxylation is 3. The molecule has 152 valence electrons. The van der Waals surface area contributed by atoms with Crippen LogP contribution in [0, 0.1) is 20.8 Å². The molecule has 1 unspecified atom stereocenters. The molecule has 3 heterocycles. The molecule has 3 aromatic rings. The molecule has 1 N–H and O–H groups in total. The molecule has 1 aliphatic heterocycles. The monoisotopic (exact) mass is 392 g/mol. The lowest BCUT2D eigenvalue weighted by Gasteiger charge is -2.22. The van der Waals surface area contributed by atoms with E-state index >= 15 is 0 Å². The van der Waals surface area contributed by atoms with E-state index in [1.165, 1.54) is 5.56 Å². The van der Waals surface area contributed by atoms with E-state index in [0.717, 1.165) is 29.1 Å². The van der Waals surface area contributed by atoms with Gasteiger partial charge in [-0.2, -0.15) is 4.52 Å². The maximum absolute atomic E-state index is 13.1. The molecule has 2 aromatic heterocycles. The quantitative estimate of drug-likeness (QED) is 0.738. The van der Waals surface area contributed by atoms with Crippen LogP contribution in [0.2, 0.25) is 0 Å². The van der Waals surface area contributed by atoms with Crippen LogP contribution in [-0.2, 0) is 10.2 Å². The zero-order chi connectivity index (χ0) is 20.9. The summed E-state index contributed by atoms with van der Waals surface area (Å²) in [5, 5.41) is 16.5. The second-order valence-corrected chi connectivity index (χ2v) is 8.98. The zero-order valence-electron chi connectivity index (χ0n) is 17.9. The van der Waals surface area contributed by atoms with E-state index in [1.807, 2.05) is 17.0 Å². The molecule has 0 radical (unpaired) electrons. The maximum Gasteiger partial charge on any atom is 0.249 e. The number of carbonyl (C=O) groups excluding carboxylic acids is 1. The molecule has 0 bridgehead atoms. The molecule has 0 aliphatic carbocycles. The van der Waals surface area contributed by atoms with Gasteiger partial charge in [-0.15, -0.1) is 15.3 Å². The Bertz CT molecular complexity index is 1070. The largest absolute Gasteiger partial charge is 0.357 e. The molecular formula is C22H28N6O.